The zero-order chi connectivity index (χ0) is 14.5. The molecule has 0 aromatic heterocycles. The van der Waals surface area contributed by atoms with E-state index in [9.17, 15) is 8.42 Å². The highest BCUT2D eigenvalue weighted by atomic mass is 32.2. The molecule has 0 radical (unpaired) electrons. The summed E-state index contributed by atoms with van der Waals surface area (Å²) in [6, 6.07) is 5.31. The van der Waals surface area contributed by atoms with Crippen LogP contribution in [0.15, 0.2) is 23.1 Å². The molecule has 4 nitrogen and oxygen atoms in total. The second kappa shape index (κ2) is 6.71. The van der Waals surface area contributed by atoms with Gasteiger partial charge in [0, 0.05) is 13.6 Å². The summed E-state index contributed by atoms with van der Waals surface area (Å²) in [5, 5.41) is 3.20. The van der Waals surface area contributed by atoms with Crippen molar-refractivity contribution in [2.24, 2.45) is 0 Å². The summed E-state index contributed by atoms with van der Waals surface area (Å²) in [7, 11) is -2.02. The maximum Gasteiger partial charge on any atom is 0.243 e. The Bertz CT molecular complexity index is 574. The Hall–Kier alpha value is -1.35. The molecule has 19 heavy (non-hydrogen) atoms. The van der Waals surface area contributed by atoms with E-state index in [2.05, 4.69) is 11.2 Å². The second-order valence-corrected chi connectivity index (χ2v) is 6.30. The number of rotatable bonds is 6. The Morgan fingerprint density at radius 2 is 2.11 bits per heavy atom. The Morgan fingerprint density at radius 3 is 2.68 bits per heavy atom. The number of nitrogens with one attached hydrogen (secondary N) is 1. The van der Waals surface area contributed by atoms with Crippen molar-refractivity contribution in [3.63, 3.8) is 0 Å². The molecule has 0 aliphatic rings. The molecule has 0 saturated carbocycles. The molecule has 0 aliphatic heterocycles. The average molecular weight is 280 g/mol. The number of nitrogens with zero attached hydrogens (tertiary/aromatic N) is 1. The molecule has 0 amide bonds. The lowest BCUT2D eigenvalue weighted by atomic mass is 10.1. The smallest absolute Gasteiger partial charge is 0.243 e. The molecule has 1 aromatic carbocycles. The summed E-state index contributed by atoms with van der Waals surface area (Å²) < 4.78 is 25.9. The lowest BCUT2D eigenvalue weighted by Crippen LogP contribution is -2.28. The fraction of sp³-hybridized carbons (Fsp3) is 0.429. The van der Waals surface area contributed by atoms with E-state index in [4.69, 9.17) is 6.42 Å². The third-order valence-electron chi connectivity index (χ3n) is 2.96. The van der Waals surface area contributed by atoms with Crippen LogP contribution in [0.3, 0.4) is 0 Å². The first kappa shape index (κ1) is 15.7. The third-order valence-corrected chi connectivity index (χ3v) is 4.91. The lowest BCUT2D eigenvalue weighted by Gasteiger charge is -2.17. The van der Waals surface area contributed by atoms with Crippen molar-refractivity contribution >= 4 is 10.0 Å². The third kappa shape index (κ3) is 3.57. The number of hydrogen-bond acceptors (Lipinski definition) is 3. The van der Waals surface area contributed by atoms with E-state index in [0.717, 1.165) is 17.7 Å². The van der Waals surface area contributed by atoms with Gasteiger partial charge in [0.1, 0.15) is 0 Å². The quantitative estimate of drug-likeness (QED) is 0.800. The number of terminal acetylenes is 1. The number of sulfonamides is 1. The topological polar surface area (TPSA) is 49.4 Å². The first-order valence-electron chi connectivity index (χ1n) is 6.14. The zero-order valence-corrected chi connectivity index (χ0v) is 12.4. The molecule has 5 heteroatoms. The molecule has 0 atom stereocenters. The van der Waals surface area contributed by atoms with Gasteiger partial charge in [0.2, 0.25) is 10.0 Å². The molecule has 1 rings (SSSR count). The summed E-state index contributed by atoms with van der Waals surface area (Å²) >= 11 is 0. The average Bonchev–Trinajstić information content (AvgIpc) is 2.37. The minimum Gasteiger partial charge on any atom is -0.313 e. The highest BCUT2D eigenvalue weighted by Gasteiger charge is 2.22. The van der Waals surface area contributed by atoms with Crippen molar-refractivity contribution in [1.82, 2.24) is 9.62 Å². The van der Waals surface area contributed by atoms with Crippen LogP contribution in [0.2, 0.25) is 0 Å². The number of benzene rings is 1. The molecule has 0 bridgehead atoms. The SMILES string of the molecule is C#CCN(C)S(=O)(=O)c1cccc(CNCC)c1C. The summed E-state index contributed by atoms with van der Waals surface area (Å²) in [4.78, 5) is 0.320. The van der Waals surface area contributed by atoms with E-state index in [1.165, 1.54) is 11.4 Å². The molecule has 0 unspecified atom stereocenters. The van der Waals surface area contributed by atoms with Gasteiger partial charge in [0.15, 0.2) is 0 Å². The minimum atomic E-state index is -3.52. The molecule has 0 heterocycles. The molecule has 0 aliphatic carbocycles. The predicted octanol–water partition coefficient (Wildman–Crippen LogP) is 1.36. The van der Waals surface area contributed by atoms with Crippen LogP contribution >= 0.6 is 0 Å². The van der Waals surface area contributed by atoms with Gasteiger partial charge < -0.3 is 5.32 Å². The molecule has 104 valence electrons. The van der Waals surface area contributed by atoms with E-state index in [-0.39, 0.29) is 6.54 Å². The van der Waals surface area contributed by atoms with Crippen molar-refractivity contribution in [2.45, 2.75) is 25.3 Å². The van der Waals surface area contributed by atoms with Crippen LogP contribution in [-0.2, 0) is 16.6 Å². The van der Waals surface area contributed by atoms with Gasteiger partial charge in [-0.05, 0) is 30.7 Å². The fourth-order valence-electron chi connectivity index (χ4n) is 1.77. The minimum absolute atomic E-state index is 0.0687. The van der Waals surface area contributed by atoms with Crippen molar-refractivity contribution in [3.05, 3.63) is 29.3 Å². The van der Waals surface area contributed by atoms with E-state index < -0.39 is 10.0 Å². The zero-order valence-electron chi connectivity index (χ0n) is 11.6. The van der Waals surface area contributed by atoms with E-state index >= 15 is 0 Å². The van der Waals surface area contributed by atoms with E-state index in [1.807, 2.05) is 19.9 Å². The van der Waals surface area contributed by atoms with Crippen molar-refractivity contribution < 1.29 is 8.42 Å². The van der Waals surface area contributed by atoms with Gasteiger partial charge in [0.25, 0.3) is 0 Å². The Labute approximate surface area is 115 Å². The lowest BCUT2D eigenvalue weighted by molar-refractivity contribution is 0.502. The maximum atomic E-state index is 12.4. The predicted molar refractivity (Wildman–Crippen MR) is 77.2 cm³/mol. The van der Waals surface area contributed by atoms with E-state index in [0.29, 0.717) is 11.4 Å². The van der Waals surface area contributed by atoms with Crippen LogP contribution in [0.25, 0.3) is 0 Å². The first-order valence-corrected chi connectivity index (χ1v) is 7.58. The highest BCUT2D eigenvalue weighted by Crippen LogP contribution is 2.21. The molecule has 0 saturated heterocycles. The van der Waals surface area contributed by atoms with Crippen molar-refractivity contribution in [1.29, 1.82) is 0 Å². The van der Waals surface area contributed by atoms with Gasteiger partial charge >= 0.3 is 0 Å². The summed E-state index contributed by atoms with van der Waals surface area (Å²) in [5.41, 5.74) is 1.75. The van der Waals surface area contributed by atoms with Crippen LogP contribution in [0.4, 0.5) is 0 Å². The second-order valence-electron chi connectivity index (χ2n) is 4.29. The number of hydrogen-bond donors (Lipinski definition) is 1. The van der Waals surface area contributed by atoms with Gasteiger partial charge in [-0.2, -0.15) is 4.31 Å². The molecule has 0 spiro atoms. The van der Waals surface area contributed by atoms with Gasteiger partial charge in [-0.15, -0.1) is 6.42 Å². The normalized spacial score (nSPS) is 11.5. The van der Waals surface area contributed by atoms with Gasteiger partial charge in [-0.1, -0.05) is 25.0 Å². The molecule has 0 fully saturated rings. The maximum absolute atomic E-state index is 12.4. The molecule has 1 aromatic rings. The van der Waals surface area contributed by atoms with Gasteiger partial charge in [-0.25, -0.2) is 8.42 Å². The largest absolute Gasteiger partial charge is 0.313 e. The Morgan fingerprint density at radius 1 is 1.42 bits per heavy atom. The Balaban J connectivity index is 3.18. The first-order chi connectivity index (χ1) is 8.95. The van der Waals surface area contributed by atoms with Crippen LogP contribution in [-0.4, -0.2) is 32.9 Å². The molecular weight excluding hydrogens is 260 g/mol. The standard InChI is InChI=1S/C14H20N2O2S/c1-5-10-16(4)19(17,18)14-9-7-8-13(12(14)3)11-15-6-2/h1,7-9,15H,6,10-11H2,2-4H3. The van der Waals surface area contributed by atoms with Crippen molar-refractivity contribution in [2.75, 3.05) is 20.1 Å². The molecule has 1 N–H and O–H groups in total. The molecular formula is C14H20N2O2S. The summed E-state index contributed by atoms with van der Waals surface area (Å²) in [5.74, 6) is 2.35. The van der Waals surface area contributed by atoms with Gasteiger partial charge in [0.05, 0.1) is 11.4 Å². The highest BCUT2D eigenvalue weighted by molar-refractivity contribution is 7.89. The van der Waals surface area contributed by atoms with Crippen LogP contribution in [0.1, 0.15) is 18.1 Å². The van der Waals surface area contributed by atoms with Crippen LogP contribution in [0, 0.1) is 19.3 Å². The monoisotopic (exact) mass is 280 g/mol. The van der Waals surface area contributed by atoms with Crippen LogP contribution < -0.4 is 5.32 Å². The summed E-state index contributed by atoms with van der Waals surface area (Å²) in [6.45, 7) is 5.40. The van der Waals surface area contributed by atoms with Crippen LogP contribution in [0.5, 0.6) is 0 Å². The van der Waals surface area contributed by atoms with E-state index in [1.54, 1.807) is 12.1 Å². The van der Waals surface area contributed by atoms with Gasteiger partial charge in [-0.3, -0.25) is 0 Å². The summed E-state index contributed by atoms with van der Waals surface area (Å²) in [6.07, 6.45) is 5.17. The van der Waals surface area contributed by atoms with Crippen molar-refractivity contribution in [3.8, 4) is 12.3 Å². The Kier molecular flexibility index (Phi) is 5.55. The fourth-order valence-corrected chi connectivity index (χ4v) is 3.12.